The van der Waals surface area contributed by atoms with Crippen molar-refractivity contribution in [2.75, 3.05) is 45.7 Å². The van der Waals surface area contributed by atoms with Gasteiger partial charge in [-0.2, -0.15) is 0 Å². The molecule has 1 aliphatic heterocycles. The zero-order chi connectivity index (χ0) is 19.2. The van der Waals surface area contributed by atoms with Gasteiger partial charge in [-0.25, -0.2) is 9.37 Å². The van der Waals surface area contributed by atoms with Crippen molar-refractivity contribution >= 4 is 47.1 Å². The van der Waals surface area contributed by atoms with E-state index in [0.29, 0.717) is 12.4 Å². The normalized spacial score (nSPS) is 18.1. The lowest BCUT2D eigenvalue weighted by Gasteiger charge is -2.25. The standard InChI is InChI=1S/C19H27FN6S.HI/c1-21-19(23-12-16(25(2)3)17-7-5-11-27-17)24-14-8-10-26(13-14)18-15(20)6-4-9-22-18;/h4-7,9,11,14,16H,8,10,12-13H2,1-3H3,(H2,21,23,24);1H. The van der Waals surface area contributed by atoms with Crippen LogP contribution in [-0.2, 0) is 0 Å². The van der Waals surface area contributed by atoms with E-state index in [-0.39, 0.29) is 41.9 Å². The van der Waals surface area contributed by atoms with Gasteiger partial charge in [0.15, 0.2) is 17.6 Å². The predicted octanol–water partition coefficient (Wildman–Crippen LogP) is 2.95. The van der Waals surface area contributed by atoms with Gasteiger partial charge in [-0.15, -0.1) is 35.3 Å². The molecule has 0 spiro atoms. The number of nitrogens with one attached hydrogen (secondary N) is 2. The third-order valence-electron chi connectivity index (χ3n) is 4.75. The monoisotopic (exact) mass is 518 g/mol. The minimum absolute atomic E-state index is 0. The van der Waals surface area contributed by atoms with Crippen LogP contribution in [0.3, 0.4) is 0 Å². The summed E-state index contributed by atoms with van der Waals surface area (Å²) in [6.07, 6.45) is 2.55. The molecule has 2 unspecified atom stereocenters. The van der Waals surface area contributed by atoms with Gasteiger partial charge in [0.1, 0.15) is 0 Å². The number of pyridine rings is 1. The lowest BCUT2D eigenvalue weighted by atomic mass is 10.2. The van der Waals surface area contributed by atoms with E-state index >= 15 is 0 Å². The molecule has 2 N–H and O–H groups in total. The maximum Gasteiger partial charge on any atom is 0.191 e. The number of hydrogen-bond donors (Lipinski definition) is 2. The van der Waals surface area contributed by atoms with Crippen LogP contribution >= 0.6 is 35.3 Å². The second-order valence-electron chi connectivity index (χ2n) is 6.83. The first-order chi connectivity index (χ1) is 13.1. The van der Waals surface area contributed by atoms with Crippen molar-refractivity contribution in [1.82, 2.24) is 20.5 Å². The number of likely N-dealkylation sites (N-methyl/N-ethyl adjacent to an activating group) is 1. The third kappa shape index (κ3) is 5.77. The maximum atomic E-state index is 14.0. The summed E-state index contributed by atoms with van der Waals surface area (Å²) in [7, 11) is 5.94. The minimum atomic E-state index is -0.273. The van der Waals surface area contributed by atoms with Crippen LogP contribution in [-0.4, -0.2) is 62.7 Å². The Morgan fingerprint density at radius 2 is 2.25 bits per heavy atom. The number of aromatic nitrogens is 1. The van der Waals surface area contributed by atoms with Crippen LogP contribution in [0.5, 0.6) is 0 Å². The topological polar surface area (TPSA) is 55.8 Å². The number of hydrogen-bond acceptors (Lipinski definition) is 5. The number of halogens is 2. The van der Waals surface area contributed by atoms with E-state index in [1.165, 1.54) is 10.9 Å². The first-order valence-electron chi connectivity index (χ1n) is 9.11. The third-order valence-corrected chi connectivity index (χ3v) is 5.72. The van der Waals surface area contributed by atoms with Crippen LogP contribution in [0.25, 0.3) is 0 Å². The number of guanidine groups is 1. The van der Waals surface area contributed by atoms with Crippen LogP contribution in [0, 0.1) is 5.82 Å². The Bertz CT molecular complexity index is 755. The quantitative estimate of drug-likeness (QED) is 0.350. The Morgan fingerprint density at radius 3 is 2.89 bits per heavy atom. The second-order valence-corrected chi connectivity index (χ2v) is 7.81. The summed E-state index contributed by atoms with van der Waals surface area (Å²) >= 11 is 1.76. The van der Waals surface area contributed by atoms with E-state index in [4.69, 9.17) is 0 Å². The summed E-state index contributed by atoms with van der Waals surface area (Å²) in [6, 6.07) is 7.79. The highest BCUT2D eigenvalue weighted by Gasteiger charge is 2.26. The van der Waals surface area contributed by atoms with E-state index in [2.05, 4.69) is 57.1 Å². The van der Waals surface area contributed by atoms with Crippen molar-refractivity contribution in [3.05, 3.63) is 46.5 Å². The summed E-state index contributed by atoms with van der Waals surface area (Å²) in [6.45, 7) is 2.24. The van der Waals surface area contributed by atoms with Crippen LogP contribution in [0.1, 0.15) is 17.3 Å². The Labute approximate surface area is 187 Å². The molecular formula is C19H28FIN6S. The van der Waals surface area contributed by atoms with Crippen molar-refractivity contribution < 1.29 is 4.39 Å². The molecule has 9 heteroatoms. The molecule has 2 aromatic rings. The van der Waals surface area contributed by atoms with Gasteiger partial charge in [-0.3, -0.25) is 4.99 Å². The molecule has 1 aliphatic rings. The van der Waals surface area contributed by atoms with Crippen LogP contribution in [0.4, 0.5) is 10.2 Å². The van der Waals surface area contributed by atoms with Gasteiger partial charge in [-0.1, -0.05) is 6.07 Å². The summed E-state index contributed by atoms with van der Waals surface area (Å²) in [5.41, 5.74) is 0. The average molecular weight is 518 g/mol. The fourth-order valence-corrected chi connectivity index (χ4v) is 4.20. The molecule has 3 heterocycles. The van der Waals surface area contributed by atoms with Gasteiger partial charge in [0.25, 0.3) is 0 Å². The largest absolute Gasteiger partial charge is 0.354 e. The number of rotatable bonds is 6. The number of nitrogens with zero attached hydrogens (tertiary/aromatic N) is 4. The van der Waals surface area contributed by atoms with Gasteiger partial charge < -0.3 is 20.4 Å². The highest BCUT2D eigenvalue weighted by atomic mass is 127. The smallest absolute Gasteiger partial charge is 0.191 e. The molecule has 2 atom stereocenters. The van der Waals surface area contributed by atoms with Gasteiger partial charge in [-0.05, 0) is 44.1 Å². The molecule has 1 saturated heterocycles. The lowest BCUT2D eigenvalue weighted by molar-refractivity contribution is 0.302. The zero-order valence-electron chi connectivity index (χ0n) is 16.4. The molecule has 0 aliphatic carbocycles. The van der Waals surface area contributed by atoms with Crippen LogP contribution < -0.4 is 15.5 Å². The maximum absolute atomic E-state index is 14.0. The predicted molar refractivity (Wildman–Crippen MR) is 125 cm³/mol. The Hall–Kier alpha value is -1.46. The highest BCUT2D eigenvalue weighted by Crippen LogP contribution is 2.23. The molecule has 1 fully saturated rings. The van der Waals surface area contributed by atoms with Gasteiger partial charge in [0, 0.05) is 43.8 Å². The van der Waals surface area contributed by atoms with E-state index in [1.54, 1.807) is 30.6 Å². The molecule has 3 rings (SSSR count). The van der Waals surface area contributed by atoms with E-state index in [0.717, 1.165) is 25.5 Å². The van der Waals surface area contributed by atoms with Crippen molar-refractivity contribution in [3.8, 4) is 0 Å². The van der Waals surface area contributed by atoms with E-state index < -0.39 is 0 Å². The number of thiophene rings is 1. The molecule has 0 radical (unpaired) electrons. The van der Waals surface area contributed by atoms with Gasteiger partial charge >= 0.3 is 0 Å². The summed E-state index contributed by atoms with van der Waals surface area (Å²) in [5.74, 6) is 0.923. The second kappa shape index (κ2) is 10.9. The first kappa shape index (κ1) is 22.8. The van der Waals surface area contributed by atoms with Crippen LogP contribution in [0.15, 0.2) is 40.8 Å². The minimum Gasteiger partial charge on any atom is -0.354 e. The molecule has 0 amide bonds. The zero-order valence-corrected chi connectivity index (χ0v) is 19.6. The van der Waals surface area contributed by atoms with Crippen molar-refractivity contribution in [2.45, 2.75) is 18.5 Å². The van der Waals surface area contributed by atoms with Gasteiger partial charge in [0.2, 0.25) is 0 Å². The molecule has 0 bridgehead atoms. The molecule has 0 saturated carbocycles. The van der Waals surface area contributed by atoms with Crippen molar-refractivity contribution in [3.63, 3.8) is 0 Å². The molecule has 0 aromatic carbocycles. The Balaban J connectivity index is 0.00000280. The molecular weight excluding hydrogens is 490 g/mol. The number of anilines is 1. The fourth-order valence-electron chi connectivity index (χ4n) is 3.28. The molecule has 154 valence electrons. The average Bonchev–Trinajstić information content (AvgIpc) is 3.33. The van der Waals surface area contributed by atoms with E-state index in [9.17, 15) is 4.39 Å². The summed E-state index contributed by atoms with van der Waals surface area (Å²) in [5, 5.41) is 8.98. The van der Waals surface area contributed by atoms with Crippen LogP contribution in [0.2, 0.25) is 0 Å². The fraction of sp³-hybridized carbons (Fsp3) is 0.474. The highest BCUT2D eigenvalue weighted by molar-refractivity contribution is 14.0. The summed E-state index contributed by atoms with van der Waals surface area (Å²) in [4.78, 5) is 14.0. The SMILES string of the molecule is CN=C(NCC(c1cccs1)N(C)C)NC1CCN(c2ncccc2F)C1.I. The lowest BCUT2D eigenvalue weighted by Crippen LogP contribution is -2.46. The Kier molecular flexibility index (Phi) is 8.90. The van der Waals surface area contributed by atoms with Crippen molar-refractivity contribution in [1.29, 1.82) is 0 Å². The summed E-state index contributed by atoms with van der Waals surface area (Å²) < 4.78 is 14.0. The first-order valence-corrected chi connectivity index (χ1v) is 9.99. The molecule has 28 heavy (non-hydrogen) atoms. The molecule has 2 aromatic heterocycles. The van der Waals surface area contributed by atoms with Gasteiger partial charge in [0.05, 0.1) is 6.04 Å². The van der Waals surface area contributed by atoms with E-state index in [1.807, 2.05) is 4.90 Å². The van der Waals surface area contributed by atoms with Crippen molar-refractivity contribution in [2.24, 2.45) is 4.99 Å². The Morgan fingerprint density at radius 1 is 1.43 bits per heavy atom. The molecule has 6 nitrogen and oxygen atoms in total. The number of aliphatic imine (C=N–C) groups is 1.